The van der Waals surface area contributed by atoms with Crippen LogP contribution in [0.3, 0.4) is 0 Å². The summed E-state index contributed by atoms with van der Waals surface area (Å²) in [4.78, 5) is 0. The van der Waals surface area contributed by atoms with Gasteiger partial charge in [-0.2, -0.15) is 0 Å². The SMILES string of the molecule is CCCCCC#CC(C)(C)O.N. The molecule has 0 bridgehead atoms. The number of aliphatic hydroxyl groups is 1. The Morgan fingerprint density at radius 3 is 2.25 bits per heavy atom. The van der Waals surface area contributed by atoms with Gasteiger partial charge in [-0.05, 0) is 20.3 Å². The average Bonchev–Trinajstić information content (AvgIpc) is 1.85. The van der Waals surface area contributed by atoms with Crippen LogP contribution in [0.2, 0.25) is 0 Å². The lowest BCUT2D eigenvalue weighted by atomic mass is 10.1. The van der Waals surface area contributed by atoms with E-state index in [9.17, 15) is 5.11 Å². The summed E-state index contributed by atoms with van der Waals surface area (Å²) in [5.74, 6) is 5.75. The van der Waals surface area contributed by atoms with E-state index in [1.54, 1.807) is 13.8 Å². The van der Waals surface area contributed by atoms with Crippen LogP contribution >= 0.6 is 0 Å². The van der Waals surface area contributed by atoms with Crippen LogP contribution in [0, 0.1) is 11.8 Å². The van der Waals surface area contributed by atoms with Crippen molar-refractivity contribution in [2.75, 3.05) is 0 Å². The van der Waals surface area contributed by atoms with Crippen molar-refractivity contribution < 1.29 is 5.11 Å². The normalized spacial score (nSPS) is 9.67. The first-order valence-electron chi connectivity index (χ1n) is 4.28. The first-order chi connectivity index (χ1) is 5.06. The highest BCUT2D eigenvalue weighted by molar-refractivity contribution is 5.09. The molecule has 0 saturated heterocycles. The van der Waals surface area contributed by atoms with Crippen LogP contribution in [0.4, 0.5) is 0 Å². The standard InChI is InChI=1S/C10H18O.H3N/c1-4-5-6-7-8-9-10(2,3)11;/h11H,4-7H2,1-3H3;1H3. The lowest BCUT2D eigenvalue weighted by Crippen LogP contribution is -2.14. The Morgan fingerprint density at radius 2 is 1.83 bits per heavy atom. The summed E-state index contributed by atoms with van der Waals surface area (Å²) >= 11 is 0. The van der Waals surface area contributed by atoms with Crippen LogP contribution in [-0.4, -0.2) is 10.7 Å². The van der Waals surface area contributed by atoms with Crippen molar-refractivity contribution >= 4 is 0 Å². The van der Waals surface area contributed by atoms with E-state index in [2.05, 4.69) is 18.8 Å². The van der Waals surface area contributed by atoms with Gasteiger partial charge in [-0.1, -0.05) is 25.7 Å². The molecule has 2 nitrogen and oxygen atoms in total. The maximum absolute atomic E-state index is 9.20. The molecule has 0 amide bonds. The van der Waals surface area contributed by atoms with Crippen molar-refractivity contribution in [1.82, 2.24) is 6.15 Å². The predicted molar refractivity (Wildman–Crippen MR) is 53.2 cm³/mol. The molecule has 0 rings (SSSR count). The van der Waals surface area contributed by atoms with Crippen LogP contribution < -0.4 is 6.15 Å². The Kier molecular flexibility index (Phi) is 8.36. The molecule has 0 aromatic rings. The van der Waals surface area contributed by atoms with Crippen molar-refractivity contribution in [3.8, 4) is 11.8 Å². The summed E-state index contributed by atoms with van der Waals surface area (Å²) in [5.41, 5.74) is -0.813. The molecule has 0 atom stereocenters. The van der Waals surface area contributed by atoms with E-state index >= 15 is 0 Å². The van der Waals surface area contributed by atoms with E-state index in [-0.39, 0.29) is 6.15 Å². The lowest BCUT2D eigenvalue weighted by molar-refractivity contribution is 0.143. The summed E-state index contributed by atoms with van der Waals surface area (Å²) in [6.07, 6.45) is 4.53. The van der Waals surface area contributed by atoms with Crippen molar-refractivity contribution in [2.24, 2.45) is 0 Å². The van der Waals surface area contributed by atoms with E-state index in [1.807, 2.05) is 0 Å². The van der Waals surface area contributed by atoms with Crippen molar-refractivity contribution in [3.63, 3.8) is 0 Å². The number of hydrogen-bond donors (Lipinski definition) is 2. The molecule has 72 valence electrons. The van der Waals surface area contributed by atoms with Gasteiger partial charge in [-0.15, -0.1) is 5.92 Å². The van der Waals surface area contributed by atoms with Gasteiger partial charge in [0.15, 0.2) is 0 Å². The third-order valence-corrected chi connectivity index (χ3v) is 1.30. The smallest absolute Gasteiger partial charge is 0.119 e. The van der Waals surface area contributed by atoms with Crippen LogP contribution in [-0.2, 0) is 0 Å². The second kappa shape index (κ2) is 7.15. The van der Waals surface area contributed by atoms with Gasteiger partial charge in [0.05, 0.1) is 0 Å². The first kappa shape index (κ1) is 14.0. The molecule has 0 heterocycles. The highest BCUT2D eigenvalue weighted by Crippen LogP contribution is 2.00. The molecular formula is C10H21NO. The molecule has 2 heteroatoms. The van der Waals surface area contributed by atoms with E-state index in [0.717, 1.165) is 12.8 Å². The largest absolute Gasteiger partial charge is 0.378 e. The molecule has 0 aliphatic heterocycles. The van der Waals surface area contributed by atoms with Gasteiger partial charge in [0.2, 0.25) is 0 Å². The molecule has 0 aliphatic rings. The van der Waals surface area contributed by atoms with Gasteiger partial charge in [0, 0.05) is 6.42 Å². The highest BCUT2D eigenvalue weighted by Gasteiger charge is 2.04. The third kappa shape index (κ3) is 12.2. The molecule has 0 unspecified atom stereocenters. The molecule has 0 aliphatic carbocycles. The monoisotopic (exact) mass is 171 g/mol. The predicted octanol–water partition coefficient (Wildman–Crippen LogP) is 2.50. The topological polar surface area (TPSA) is 55.2 Å². The van der Waals surface area contributed by atoms with E-state index in [4.69, 9.17) is 0 Å². The third-order valence-electron chi connectivity index (χ3n) is 1.30. The van der Waals surface area contributed by atoms with Crippen molar-refractivity contribution in [2.45, 2.75) is 52.1 Å². The Labute approximate surface area is 76.0 Å². The molecule has 0 fully saturated rings. The molecule has 0 aromatic heterocycles. The van der Waals surface area contributed by atoms with E-state index in [1.165, 1.54) is 12.8 Å². The second-order valence-electron chi connectivity index (χ2n) is 3.32. The Balaban J connectivity index is 0. The molecule has 0 radical (unpaired) electrons. The maximum Gasteiger partial charge on any atom is 0.119 e. The molecular weight excluding hydrogens is 150 g/mol. The number of unbranched alkanes of at least 4 members (excludes halogenated alkanes) is 3. The lowest BCUT2D eigenvalue weighted by Gasteiger charge is -2.05. The minimum absolute atomic E-state index is 0. The minimum atomic E-state index is -0.813. The average molecular weight is 171 g/mol. The Hall–Kier alpha value is -0.520. The van der Waals surface area contributed by atoms with Gasteiger partial charge >= 0.3 is 0 Å². The zero-order valence-electron chi connectivity index (χ0n) is 8.48. The van der Waals surface area contributed by atoms with E-state index < -0.39 is 5.60 Å². The van der Waals surface area contributed by atoms with Gasteiger partial charge in [0.25, 0.3) is 0 Å². The fourth-order valence-electron chi connectivity index (χ4n) is 0.742. The maximum atomic E-state index is 9.20. The summed E-state index contributed by atoms with van der Waals surface area (Å²) in [5, 5.41) is 9.20. The minimum Gasteiger partial charge on any atom is -0.378 e. The molecule has 12 heavy (non-hydrogen) atoms. The summed E-state index contributed by atoms with van der Waals surface area (Å²) in [6.45, 7) is 5.59. The highest BCUT2D eigenvalue weighted by atomic mass is 16.3. The summed E-state index contributed by atoms with van der Waals surface area (Å²) in [6, 6.07) is 0. The fourth-order valence-corrected chi connectivity index (χ4v) is 0.742. The first-order valence-corrected chi connectivity index (χ1v) is 4.28. The van der Waals surface area contributed by atoms with Crippen LogP contribution in [0.15, 0.2) is 0 Å². The molecule has 0 spiro atoms. The molecule has 0 saturated carbocycles. The summed E-state index contributed by atoms with van der Waals surface area (Å²) in [7, 11) is 0. The quantitative estimate of drug-likeness (QED) is 0.506. The van der Waals surface area contributed by atoms with Gasteiger partial charge in [-0.3, -0.25) is 0 Å². The van der Waals surface area contributed by atoms with Crippen LogP contribution in [0.1, 0.15) is 46.5 Å². The van der Waals surface area contributed by atoms with Gasteiger partial charge in [0.1, 0.15) is 5.60 Å². The Morgan fingerprint density at radius 1 is 1.25 bits per heavy atom. The number of rotatable bonds is 3. The molecule has 0 aromatic carbocycles. The van der Waals surface area contributed by atoms with Gasteiger partial charge < -0.3 is 11.3 Å². The van der Waals surface area contributed by atoms with Crippen molar-refractivity contribution in [1.29, 1.82) is 0 Å². The summed E-state index contributed by atoms with van der Waals surface area (Å²) < 4.78 is 0. The van der Waals surface area contributed by atoms with Crippen LogP contribution in [0.5, 0.6) is 0 Å². The zero-order valence-corrected chi connectivity index (χ0v) is 8.48. The van der Waals surface area contributed by atoms with Crippen LogP contribution in [0.25, 0.3) is 0 Å². The second-order valence-corrected chi connectivity index (χ2v) is 3.32. The number of hydrogen-bond acceptors (Lipinski definition) is 2. The molecule has 4 N–H and O–H groups in total. The van der Waals surface area contributed by atoms with E-state index in [0.29, 0.717) is 0 Å². The van der Waals surface area contributed by atoms with Gasteiger partial charge in [-0.25, -0.2) is 0 Å². The fraction of sp³-hybridized carbons (Fsp3) is 0.800. The zero-order chi connectivity index (χ0) is 8.74. The Bertz CT molecular complexity index is 147. The van der Waals surface area contributed by atoms with Crippen molar-refractivity contribution in [3.05, 3.63) is 0 Å².